The Morgan fingerprint density at radius 1 is 1.44 bits per heavy atom. The number of carbonyl (C=O) groups is 1. The standard InChI is InChI=1S/C16H26N4O5/c1-10-8-20(16(24)19-15(10)23)14-7-11(12(9-21)25-14)18-13(22)5-3-2-4-6-17/h8,11-12,14,21H,2-7,9,17H2,1H3,(H,18,22)(H,19,23,24)/t11-,12+,14+/m0/s1. The summed E-state index contributed by atoms with van der Waals surface area (Å²) in [6.45, 7) is 1.93. The molecule has 3 atom stereocenters. The predicted molar refractivity (Wildman–Crippen MR) is 91.1 cm³/mol. The number of hydrogen-bond acceptors (Lipinski definition) is 6. The zero-order chi connectivity index (χ0) is 18.4. The first-order chi connectivity index (χ1) is 12.0. The van der Waals surface area contributed by atoms with Gasteiger partial charge in [0.05, 0.1) is 12.6 Å². The highest BCUT2D eigenvalue weighted by atomic mass is 16.5. The van der Waals surface area contributed by atoms with Crippen LogP contribution in [0.1, 0.15) is 43.9 Å². The van der Waals surface area contributed by atoms with Crippen LogP contribution in [0, 0.1) is 6.92 Å². The number of rotatable bonds is 8. The number of nitrogens with zero attached hydrogens (tertiary/aromatic N) is 1. The van der Waals surface area contributed by atoms with E-state index in [-0.39, 0.29) is 12.5 Å². The van der Waals surface area contributed by atoms with E-state index in [9.17, 15) is 19.5 Å². The smallest absolute Gasteiger partial charge is 0.330 e. The van der Waals surface area contributed by atoms with E-state index in [0.717, 1.165) is 19.3 Å². The number of aryl methyl sites for hydroxylation is 1. The number of carbonyl (C=O) groups excluding carboxylic acids is 1. The Labute approximate surface area is 145 Å². The maximum Gasteiger partial charge on any atom is 0.330 e. The lowest BCUT2D eigenvalue weighted by Crippen LogP contribution is -2.41. The summed E-state index contributed by atoms with van der Waals surface area (Å²) >= 11 is 0. The number of aromatic nitrogens is 2. The normalized spacial score (nSPS) is 22.9. The molecule has 0 bridgehead atoms. The van der Waals surface area contributed by atoms with Gasteiger partial charge in [-0.2, -0.15) is 0 Å². The van der Waals surface area contributed by atoms with Crippen LogP contribution in [0.2, 0.25) is 0 Å². The number of aliphatic hydroxyl groups excluding tert-OH is 1. The molecule has 0 saturated carbocycles. The van der Waals surface area contributed by atoms with Crippen LogP contribution in [-0.4, -0.2) is 45.9 Å². The second-order valence-electron chi connectivity index (χ2n) is 6.30. The third-order valence-corrected chi connectivity index (χ3v) is 4.33. The number of unbranched alkanes of at least 4 members (excludes halogenated alkanes) is 2. The Morgan fingerprint density at radius 2 is 2.20 bits per heavy atom. The average molecular weight is 354 g/mol. The van der Waals surface area contributed by atoms with Crippen molar-refractivity contribution in [3.05, 3.63) is 32.6 Å². The quantitative estimate of drug-likeness (QED) is 0.447. The molecule has 1 aliphatic rings. The predicted octanol–water partition coefficient (Wildman–Crippen LogP) is -0.871. The van der Waals surface area contributed by atoms with Gasteiger partial charge in [0.25, 0.3) is 5.56 Å². The minimum absolute atomic E-state index is 0.116. The molecule has 2 heterocycles. The Hall–Kier alpha value is -1.97. The van der Waals surface area contributed by atoms with Crippen LogP contribution < -0.4 is 22.3 Å². The van der Waals surface area contributed by atoms with Crippen molar-refractivity contribution in [3.8, 4) is 0 Å². The van der Waals surface area contributed by atoms with Crippen LogP contribution in [0.4, 0.5) is 0 Å². The van der Waals surface area contributed by atoms with Crippen molar-refractivity contribution in [1.29, 1.82) is 0 Å². The minimum atomic E-state index is -0.650. The third-order valence-electron chi connectivity index (χ3n) is 4.33. The van der Waals surface area contributed by atoms with E-state index < -0.39 is 29.6 Å². The Kier molecular flexibility index (Phi) is 6.91. The van der Waals surface area contributed by atoms with Crippen molar-refractivity contribution in [2.45, 2.75) is 57.4 Å². The number of nitrogens with one attached hydrogen (secondary N) is 2. The third kappa shape index (κ3) is 5.00. The molecule has 2 rings (SSSR count). The number of H-pyrrole nitrogens is 1. The molecule has 0 radical (unpaired) electrons. The molecule has 0 spiro atoms. The van der Waals surface area contributed by atoms with E-state index in [1.807, 2.05) is 0 Å². The Balaban J connectivity index is 2.00. The molecule has 25 heavy (non-hydrogen) atoms. The SMILES string of the molecule is Cc1cn([C@H]2C[C@H](NC(=O)CCCCCN)[C@@H](CO)O2)c(=O)[nH]c1=O. The van der Waals surface area contributed by atoms with Crippen molar-refractivity contribution in [2.75, 3.05) is 13.2 Å². The Morgan fingerprint density at radius 3 is 2.88 bits per heavy atom. The van der Waals surface area contributed by atoms with Gasteiger partial charge in [0.2, 0.25) is 5.91 Å². The largest absolute Gasteiger partial charge is 0.394 e. The first-order valence-electron chi connectivity index (χ1n) is 8.54. The number of hydrogen-bond donors (Lipinski definition) is 4. The lowest BCUT2D eigenvalue weighted by Gasteiger charge is -2.17. The molecule has 1 fully saturated rings. The van der Waals surface area contributed by atoms with E-state index in [1.54, 1.807) is 6.92 Å². The van der Waals surface area contributed by atoms with Crippen molar-refractivity contribution in [3.63, 3.8) is 0 Å². The zero-order valence-electron chi connectivity index (χ0n) is 14.4. The summed E-state index contributed by atoms with van der Waals surface area (Å²) in [4.78, 5) is 37.7. The fourth-order valence-corrected chi connectivity index (χ4v) is 2.91. The van der Waals surface area contributed by atoms with Crippen LogP contribution in [0.25, 0.3) is 0 Å². The molecular weight excluding hydrogens is 328 g/mol. The van der Waals surface area contributed by atoms with Gasteiger partial charge in [-0.1, -0.05) is 6.42 Å². The van der Waals surface area contributed by atoms with Gasteiger partial charge >= 0.3 is 5.69 Å². The summed E-state index contributed by atoms with van der Waals surface area (Å²) in [5, 5.41) is 12.4. The fourth-order valence-electron chi connectivity index (χ4n) is 2.91. The van der Waals surface area contributed by atoms with E-state index in [0.29, 0.717) is 24.9 Å². The second-order valence-corrected chi connectivity index (χ2v) is 6.30. The summed E-state index contributed by atoms with van der Waals surface area (Å²) in [7, 11) is 0. The van der Waals surface area contributed by atoms with Gasteiger partial charge in [0.15, 0.2) is 0 Å². The van der Waals surface area contributed by atoms with Crippen molar-refractivity contribution < 1.29 is 14.6 Å². The number of aliphatic hydroxyl groups is 1. The summed E-state index contributed by atoms with van der Waals surface area (Å²) in [6, 6.07) is -0.392. The summed E-state index contributed by atoms with van der Waals surface area (Å²) in [5.41, 5.74) is 4.78. The van der Waals surface area contributed by atoms with Crippen molar-refractivity contribution in [2.24, 2.45) is 5.73 Å². The maximum atomic E-state index is 12.0. The van der Waals surface area contributed by atoms with Crippen molar-refractivity contribution >= 4 is 5.91 Å². The molecule has 1 amide bonds. The Bertz CT molecular complexity index is 699. The molecule has 0 aliphatic carbocycles. The highest BCUT2D eigenvalue weighted by Crippen LogP contribution is 2.27. The topological polar surface area (TPSA) is 139 Å². The van der Waals surface area contributed by atoms with Gasteiger partial charge in [-0.25, -0.2) is 4.79 Å². The minimum Gasteiger partial charge on any atom is -0.394 e. The lowest BCUT2D eigenvalue weighted by molar-refractivity contribution is -0.122. The van der Waals surface area contributed by atoms with Crippen LogP contribution in [-0.2, 0) is 9.53 Å². The van der Waals surface area contributed by atoms with E-state index in [1.165, 1.54) is 10.8 Å². The van der Waals surface area contributed by atoms with Gasteiger partial charge in [0.1, 0.15) is 12.3 Å². The van der Waals surface area contributed by atoms with Crippen LogP contribution in [0.15, 0.2) is 15.8 Å². The number of nitrogens with two attached hydrogens (primary N) is 1. The molecular formula is C16H26N4O5. The molecule has 140 valence electrons. The molecule has 0 aromatic carbocycles. The first-order valence-corrected chi connectivity index (χ1v) is 8.54. The van der Waals surface area contributed by atoms with E-state index in [2.05, 4.69) is 10.3 Å². The van der Waals surface area contributed by atoms with Gasteiger partial charge in [-0.3, -0.25) is 19.1 Å². The first kappa shape index (κ1) is 19.4. The highest BCUT2D eigenvalue weighted by molar-refractivity contribution is 5.76. The van der Waals surface area contributed by atoms with Gasteiger partial charge in [-0.05, 0) is 26.3 Å². The average Bonchev–Trinajstić information content (AvgIpc) is 2.97. The molecule has 1 aromatic rings. The molecule has 1 aromatic heterocycles. The van der Waals surface area contributed by atoms with Gasteiger partial charge in [0, 0.05) is 24.6 Å². The number of amides is 1. The zero-order valence-corrected chi connectivity index (χ0v) is 14.4. The molecule has 1 saturated heterocycles. The van der Waals surface area contributed by atoms with Crippen LogP contribution in [0.5, 0.6) is 0 Å². The number of ether oxygens (including phenoxy) is 1. The molecule has 9 nitrogen and oxygen atoms in total. The van der Waals surface area contributed by atoms with E-state index >= 15 is 0 Å². The summed E-state index contributed by atoms with van der Waals surface area (Å²) in [5.74, 6) is -0.116. The summed E-state index contributed by atoms with van der Waals surface area (Å²) < 4.78 is 6.97. The highest BCUT2D eigenvalue weighted by Gasteiger charge is 2.37. The van der Waals surface area contributed by atoms with Gasteiger partial charge in [-0.15, -0.1) is 0 Å². The van der Waals surface area contributed by atoms with Crippen molar-refractivity contribution in [1.82, 2.24) is 14.9 Å². The molecule has 1 aliphatic heterocycles. The fraction of sp³-hybridized carbons (Fsp3) is 0.688. The van der Waals surface area contributed by atoms with Crippen LogP contribution in [0.3, 0.4) is 0 Å². The molecule has 9 heteroatoms. The molecule has 0 unspecified atom stereocenters. The lowest BCUT2D eigenvalue weighted by atomic mass is 10.1. The second kappa shape index (κ2) is 8.93. The molecule has 5 N–H and O–H groups in total. The number of aromatic amines is 1. The van der Waals surface area contributed by atoms with Gasteiger partial charge < -0.3 is 20.9 Å². The van der Waals surface area contributed by atoms with E-state index in [4.69, 9.17) is 10.5 Å². The monoisotopic (exact) mass is 354 g/mol. The van der Waals surface area contributed by atoms with Crippen LogP contribution >= 0.6 is 0 Å². The maximum absolute atomic E-state index is 12.0. The summed E-state index contributed by atoms with van der Waals surface area (Å²) in [6.07, 6.45) is 3.43.